The fourth-order valence-electron chi connectivity index (χ4n) is 4.01. The van der Waals surface area contributed by atoms with Gasteiger partial charge >= 0.3 is 18.4 Å². The van der Waals surface area contributed by atoms with Crippen LogP contribution in [-0.4, -0.2) is 41.1 Å². The molecule has 4 rings (SSSR count). The first-order valence-corrected chi connectivity index (χ1v) is 13.4. The first kappa shape index (κ1) is 31.8. The van der Waals surface area contributed by atoms with Gasteiger partial charge in [-0.25, -0.2) is 24.5 Å². The van der Waals surface area contributed by atoms with Gasteiger partial charge in [-0.2, -0.15) is 0 Å². The topological polar surface area (TPSA) is 100 Å². The van der Waals surface area contributed by atoms with E-state index >= 15 is 0 Å². The Morgan fingerprint density at radius 2 is 1.52 bits per heavy atom. The number of esters is 1. The number of methoxy groups -OCH3 is 1. The number of halogens is 3. The second-order valence-corrected chi connectivity index (χ2v) is 10.5. The maximum absolute atomic E-state index is 13.1. The van der Waals surface area contributed by atoms with Crippen molar-refractivity contribution in [3.63, 3.8) is 0 Å². The van der Waals surface area contributed by atoms with E-state index in [4.69, 9.17) is 14.2 Å². The number of carbonyl (C=O) groups excluding carboxylic acids is 2. The molecule has 3 aromatic carbocycles. The fraction of sp³-hybridized carbons (Fsp3) is 0.250. The first-order chi connectivity index (χ1) is 20.8. The molecule has 1 aromatic heterocycles. The van der Waals surface area contributed by atoms with E-state index in [9.17, 15) is 22.8 Å². The van der Waals surface area contributed by atoms with E-state index < -0.39 is 29.8 Å². The Labute approximate surface area is 252 Å². The van der Waals surface area contributed by atoms with Crippen LogP contribution in [0.3, 0.4) is 0 Å². The van der Waals surface area contributed by atoms with Crippen LogP contribution in [0.1, 0.15) is 42.3 Å². The summed E-state index contributed by atoms with van der Waals surface area (Å²) in [7, 11) is 1.27. The van der Waals surface area contributed by atoms with E-state index in [1.807, 2.05) is 30.3 Å². The maximum Gasteiger partial charge on any atom is 0.573 e. The van der Waals surface area contributed by atoms with Gasteiger partial charge in [-0.3, -0.25) is 0 Å². The molecule has 1 heterocycles. The first-order valence-electron chi connectivity index (χ1n) is 13.4. The minimum atomic E-state index is -4.87. The highest BCUT2D eigenvalue weighted by atomic mass is 19.4. The standard InChI is InChI=1S/C32H30F3N3O6/c1-31(2,3)44-30(40)38(19-22-11-8-12-25(15-22)43-32(33,34)35)29-36-17-24(18-37-29)23-13-14-27(26(16-23)28(39)41-4)42-20-21-9-6-5-7-10-21/h5-18H,19-20H2,1-4H3. The molecule has 0 saturated carbocycles. The number of ether oxygens (including phenoxy) is 4. The summed E-state index contributed by atoms with van der Waals surface area (Å²) in [6, 6.07) is 19.6. The summed E-state index contributed by atoms with van der Waals surface area (Å²) in [6.07, 6.45) is -2.78. The lowest BCUT2D eigenvalue weighted by Crippen LogP contribution is -2.37. The van der Waals surface area contributed by atoms with E-state index in [0.29, 0.717) is 22.4 Å². The molecule has 0 N–H and O–H groups in total. The molecule has 9 nitrogen and oxygen atoms in total. The predicted octanol–water partition coefficient (Wildman–Crippen LogP) is 7.35. The van der Waals surface area contributed by atoms with Crippen molar-refractivity contribution >= 4 is 18.0 Å². The highest BCUT2D eigenvalue weighted by Crippen LogP contribution is 2.29. The van der Waals surface area contributed by atoms with Gasteiger partial charge < -0.3 is 18.9 Å². The molecule has 4 aromatic rings. The zero-order valence-corrected chi connectivity index (χ0v) is 24.4. The quantitative estimate of drug-likeness (QED) is 0.182. The van der Waals surface area contributed by atoms with Crippen LogP contribution in [0.5, 0.6) is 11.5 Å². The Morgan fingerprint density at radius 3 is 2.16 bits per heavy atom. The van der Waals surface area contributed by atoms with Gasteiger partial charge in [-0.1, -0.05) is 48.5 Å². The third-order valence-corrected chi connectivity index (χ3v) is 5.92. The summed E-state index contributed by atoms with van der Waals surface area (Å²) >= 11 is 0. The third kappa shape index (κ3) is 8.93. The van der Waals surface area contributed by atoms with Crippen LogP contribution in [0.2, 0.25) is 0 Å². The van der Waals surface area contributed by atoms with E-state index in [2.05, 4.69) is 14.7 Å². The highest BCUT2D eigenvalue weighted by molar-refractivity contribution is 5.94. The highest BCUT2D eigenvalue weighted by Gasteiger charge is 2.31. The monoisotopic (exact) mass is 609 g/mol. The van der Waals surface area contributed by atoms with Crippen molar-refractivity contribution in [1.29, 1.82) is 0 Å². The molecule has 0 bridgehead atoms. The summed E-state index contributed by atoms with van der Waals surface area (Å²) in [4.78, 5) is 35.5. The van der Waals surface area contributed by atoms with Crippen molar-refractivity contribution in [2.75, 3.05) is 12.0 Å². The van der Waals surface area contributed by atoms with Crippen LogP contribution in [0.25, 0.3) is 11.1 Å². The Hall–Kier alpha value is -5.13. The van der Waals surface area contributed by atoms with E-state index in [0.717, 1.165) is 22.6 Å². The fourth-order valence-corrected chi connectivity index (χ4v) is 4.01. The number of rotatable bonds is 9. The normalized spacial score (nSPS) is 11.4. The molecule has 12 heteroatoms. The maximum atomic E-state index is 13.1. The Morgan fingerprint density at radius 1 is 0.841 bits per heavy atom. The Kier molecular flexibility index (Phi) is 9.72. The van der Waals surface area contributed by atoms with Crippen molar-refractivity contribution in [2.45, 2.75) is 45.9 Å². The molecule has 0 atom stereocenters. The van der Waals surface area contributed by atoms with Gasteiger partial charge in [0, 0.05) is 18.0 Å². The number of benzene rings is 3. The molecule has 0 aliphatic carbocycles. The molecule has 0 saturated heterocycles. The lowest BCUT2D eigenvalue weighted by Gasteiger charge is -2.26. The molecular weight excluding hydrogens is 579 g/mol. The number of nitrogens with zero attached hydrogens (tertiary/aromatic N) is 3. The van der Waals surface area contributed by atoms with Crippen LogP contribution in [-0.2, 0) is 22.6 Å². The molecular formula is C32H30F3N3O6. The molecule has 44 heavy (non-hydrogen) atoms. The number of aromatic nitrogens is 2. The summed E-state index contributed by atoms with van der Waals surface area (Å²) in [5.74, 6) is -0.760. The largest absolute Gasteiger partial charge is 0.573 e. The van der Waals surface area contributed by atoms with Crippen LogP contribution in [0.4, 0.5) is 23.9 Å². The van der Waals surface area contributed by atoms with Crippen LogP contribution < -0.4 is 14.4 Å². The number of hydrogen-bond donors (Lipinski definition) is 0. The van der Waals surface area contributed by atoms with Crippen molar-refractivity contribution in [2.24, 2.45) is 0 Å². The van der Waals surface area contributed by atoms with Crippen molar-refractivity contribution in [1.82, 2.24) is 9.97 Å². The van der Waals surface area contributed by atoms with Gasteiger partial charge in [0.15, 0.2) is 0 Å². The van der Waals surface area contributed by atoms with E-state index in [1.54, 1.807) is 39.0 Å². The van der Waals surface area contributed by atoms with E-state index in [-0.39, 0.29) is 24.7 Å². The van der Waals surface area contributed by atoms with Crippen LogP contribution >= 0.6 is 0 Å². The van der Waals surface area contributed by atoms with Crippen LogP contribution in [0.15, 0.2) is 85.2 Å². The van der Waals surface area contributed by atoms with Crippen molar-refractivity contribution in [3.8, 4) is 22.6 Å². The van der Waals surface area contributed by atoms with Crippen molar-refractivity contribution in [3.05, 3.63) is 102 Å². The smallest absolute Gasteiger partial charge is 0.488 e. The second kappa shape index (κ2) is 13.4. The number of amides is 1. The molecule has 0 fully saturated rings. The number of hydrogen-bond acceptors (Lipinski definition) is 8. The average Bonchev–Trinajstić information content (AvgIpc) is 2.97. The van der Waals surface area contributed by atoms with Gasteiger partial charge in [0.2, 0.25) is 5.95 Å². The molecule has 1 amide bonds. The molecule has 0 unspecified atom stereocenters. The van der Waals surface area contributed by atoms with Gasteiger partial charge in [0.1, 0.15) is 29.3 Å². The molecule has 0 aliphatic heterocycles. The average molecular weight is 610 g/mol. The van der Waals surface area contributed by atoms with Crippen molar-refractivity contribution < 1.29 is 41.7 Å². The number of alkyl halides is 3. The molecule has 0 spiro atoms. The zero-order chi connectivity index (χ0) is 31.9. The SMILES string of the molecule is COC(=O)c1cc(-c2cnc(N(Cc3cccc(OC(F)(F)F)c3)C(=O)OC(C)(C)C)nc2)ccc1OCc1ccccc1. The van der Waals surface area contributed by atoms with Gasteiger partial charge in [0.05, 0.1) is 13.7 Å². The minimum Gasteiger partial charge on any atom is -0.488 e. The number of anilines is 1. The summed E-state index contributed by atoms with van der Waals surface area (Å²) < 4.78 is 58.6. The third-order valence-electron chi connectivity index (χ3n) is 5.92. The summed E-state index contributed by atoms with van der Waals surface area (Å²) in [5, 5.41) is 0. The second-order valence-electron chi connectivity index (χ2n) is 10.5. The minimum absolute atomic E-state index is 0.0545. The lowest BCUT2D eigenvalue weighted by atomic mass is 10.0. The molecule has 0 aliphatic rings. The molecule has 230 valence electrons. The van der Waals surface area contributed by atoms with Gasteiger partial charge in [-0.05, 0) is 61.7 Å². The molecule has 0 radical (unpaired) electrons. The predicted molar refractivity (Wildman–Crippen MR) is 155 cm³/mol. The van der Waals surface area contributed by atoms with Crippen LogP contribution in [0, 0.1) is 0 Å². The lowest BCUT2D eigenvalue weighted by molar-refractivity contribution is -0.274. The summed E-state index contributed by atoms with van der Waals surface area (Å²) in [5.41, 5.74) is 1.65. The van der Waals surface area contributed by atoms with Gasteiger partial charge in [-0.15, -0.1) is 13.2 Å². The van der Waals surface area contributed by atoms with E-state index in [1.165, 1.54) is 31.6 Å². The van der Waals surface area contributed by atoms with Gasteiger partial charge in [0.25, 0.3) is 0 Å². The Bertz CT molecular complexity index is 1590. The Balaban J connectivity index is 1.61. The summed E-state index contributed by atoms with van der Waals surface area (Å²) in [6.45, 7) is 5.07. The zero-order valence-electron chi connectivity index (χ0n) is 24.4. The number of carbonyl (C=O) groups is 2.